The van der Waals surface area contributed by atoms with Gasteiger partial charge in [-0.25, -0.2) is 0 Å². The highest BCUT2D eigenvalue weighted by Crippen LogP contribution is 2.42. The van der Waals surface area contributed by atoms with Crippen molar-refractivity contribution in [1.82, 2.24) is 5.06 Å². The summed E-state index contributed by atoms with van der Waals surface area (Å²) >= 11 is 0. The number of hydroxylamine groups is 3. The van der Waals surface area contributed by atoms with E-state index in [1.165, 1.54) is 0 Å². The van der Waals surface area contributed by atoms with Crippen LogP contribution < -0.4 is 0 Å². The molecule has 1 fully saturated rings. The van der Waals surface area contributed by atoms with Crippen molar-refractivity contribution in [2.75, 3.05) is 0 Å². The Morgan fingerprint density at radius 2 is 2.10 bits per heavy atom. The van der Waals surface area contributed by atoms with E-state index in [4.69, 9.17) is 4.42 Å². The first-order valence-electron chi connectivity index (χ1n) is 7.26. The lowest BCUT2D eigenvalue weighted by Gasteiger charge is -2.36. The van der Waals surface area contributed by atoms with Gasteiger partial charge in [-0.15, -0.1) is 5.06 Å². The van der Waals surface area contributed by atoms with Gasteiger partial charge >= 0.3 is 5.66 Å². The number of carbonyl (C=O) groups excluding carboxylic acids is 1. The summed E-state index contributed by atoms with van der Waals surface area (Å²) < 4.78 is 6.24. The molecule has 1 spiro atoms. The Kier molecular flexibility index (Phi) is 3.00. The van der Waals surface area contributed by atoms with Crippen LogP contribution >= 0.6 is 0 Å². The van der Waals surface area contributed by atoms with Gasteiger partial charge in [0.2, 0.25) is 5.78 Å². The molecule has 1 aliphatic heterocycles. The summed E-state index contributed by atoms with van der Waals surface area (Å²) in [4.78, 5) is 12.4. The first kappa shape index (κ1) is 14.3. The van der Waals surface area contributed by atoms with Crippen molar-refractivity contribution in [3.63, 3.8) is 0 Å². The Labute approximate surface area is 123 Å². The number of hydrogen-bond acceptors (Lipinski definition) is 5. The average Bonchev–Trinajstić information content (AvgIpc) is 2.89. The fourth-order valence-electron chi connectivity index (χ4n) is 3.48. The maximum atomic E-state index is 12.9. The molecule has 6 heteroatoms. The van der Waals surface area contributed by atoms with E-state index in [-0.39, 0.29) is 5.78 Å². The monoisotopic (exact) mass is 292 g/mol. The number of hydrogen-bond donors (Lipinski definition) is 1. The summed E-state index contributed by atoms with van der Waals surface area (Å²) in [6, 6.07) is 3.47. The van der Waals surface area contributed by atoms with Gasteiger partial charge in [0, 0.05) is 12.8 Å². The van der Waals surface area contributed by atoms with E-state index < -0.39 is 11.2 Å². The van der Waals surface area contributed by atoms with Crippen LogP contribution in [0.4, 0.5) is 0 Å². The maximum absolute atomic E-state index is 12.9. The smallest absolute Gasteiger partial charge is 0.310 e. The minimum Gasteiger partial charge on any atom is -0.622 e. The number of ketones is 1. The quantitative estimate of drug-likeness (QED) is 0.634. The molecular formula is C15H20N2O4. The fourth-order valence-corrected chi connectivity index (χ4v) is 3.48. The average molecular weight is 292 g/mol. The highest BCUT2D eigenvalue weighted by molar-refractivity contribution is 6.04. The minimum atomic E-state index is -1.50. The Hall–Kier alpha value is -1.66. The number of furan rings is 1. The van der Waals surface area contributed by atoms with Crippen molar-refractivity contribution in [1.29, 1.82) is 0 Å². The van der Waals surface area contributed by atoms with Crippen LogP contribution in [0.15, 0.2) is 16.5 Å². The predicted molar refractivity (Wildman–Crippen MR) is 75.1 cm³/mol. The van der Waals surface area contributed by atoms with Gasteiger partial charge in [-0.3, -0.25) is 4.79 Å². The molecule has 114 valence electrons. The zero-order chi connectivity index (χ0) is 15.4. The highest BCUT2D eigenvalue weighted by atomic mass is 16.6. The second-order valence-corrected chi connectivity index (χ2v) is 6.37. The molecule has 1 aromatic heterocycles. The number of aryl methyl sites for hydroxylation is 1. The van der Waals surface area contributed by atoms with Crippen LogP contribution in [0.5, 0.6) is 0 Å². The van der Waals surface area contributed by atoms with Crippen LogP contribution in [0.1, 0.15) is 51.1 Å². The van der Waals surface area contributed by atoms with Crippen molar-refractivity contribution >= 4 is 11.5 Å². The molecule has 1 aromatic rings. The summed E-state index contributed by atoms with van der Waals surface area (Å²) in [6.45, 7) is 5.24. The number of Topliss-reactive ketones (excluding diaryl/α,β-unsaturated/α-hetero) is 1. The summed E-state index contributed by atoms with van der Waals surface area (Å²) in [5.41, 5.74) is -2.19. The van der Waals surface area contributed by atoms with Crippen LogP contribution in [0.2, 0.25) is 0 Å². The third-order valence-electron chi connectivity index (χ3n) is 4.60. The van der Waals surface area contributed by atoms with E-state index in [2.05, 4.69) is 0 Å². The SMILES string of the molecule is Cc1ccc(C2=[N+]([O-])[C@]3(CCCCC3=O)N(O)C2(C)C)o1. The molecule has 1 saturated carbocycles. The number of nitrogens with zero attached hydrogens (tertiary/aromatic N) is 2. The highest BCUT2D eigenvalue weighted by Gasteiger charge is 2.66. The fraction of sp³-hybridized carbons (Fsp3) is 0.600. The molecule has 0 saturated heterocycles. The van der Waals surface area contributed by atoms with E-state index in [9.17, 15) is 15.2 Å². The molecule has 1 aliphatic carbocycles. The normalized spacial score (nSPS) is 29.6. The molecule has 3 rings (SSSR count). The van der Waals surface area contributed by atoms with Gasteiger partial charge in [0.05, 0.1) is 0 Å². The molecular weight excluding hydrogens is 272 g/mol. The van der Waals surface area contributed by atoms with E-state index in [0.29, 0.717) is 34.8 Å². The number of rotatable bonds is 1. The van der Waals surface area contributed by atoms with E-state index in [0.717, 1.165) is 17.9 Å². The summed E-state index contributed by atoms with van der Waals surface area (Å²) in [7, 11) is 0. The van der Waals surface area contributed by atoms with E-state index in [1.54, 1.807) is 32.9 Å². The molecule has 2 heterocycles. The Bertz CT molecular complexity index is 631. The van der Waals surface area contributed by atoms with Gasteiger partial charge in [0.25, 0.3) is 5.71 Å². The van der Waals surface area contributed by atoms with Gasteiger partial charge in [-0.1, -0.05) is 0 Å². The Morgan fingerprint density at radius 3 is 2.67 bits per heavy atom. The molecule has 0 unspecified atom stereocenters. The molecule has 0 bridgehead atoms. The molecule has 1 atom stereocenters. The van der Waals surface area contributed by atoms with E-state index >= 15 is 0 Å². The predicted octanol–water partition coefficient (Wildman–Crippen LogP) is 2.21. The lowest BCUT2D eigenvalue weighted by molar-refractivity contribution is -0.574. The lowest BCUT2D eigenvalue weighted by Crippen LogP contribution is -2.60. The minimum absolute atomic E-state index is 0.224. The first-order chi connectivity index (χ1) is 9.81. The van der Waals surface area contributed by atoms with Crippen molar-refractivity contribution in [3.8, 4) is 0 Å². The Balaban J connectivity index is 2.21. The third-order valence-corrected chi connectivity index (χ3v) is 4.60. The zero-order valence-electron chi connectivity index (χ0n) is 12.5. The molecule has 0 aromatic carbocycles. The van der Waals surface area contributed by atoms with Crippen LogP contribution in [0, 0.1) is 12.1 Å². The van der Waals surface area contributed by atoms with Gasteiger partial charge in [-0.2, -0.15) is 4.74 Å². The zero-order valence-corrected chi connectivity index (χ0v) is 12.5. The summed E-state index contributed by atoms with van der Waals surface area (Å²) in [5.74, 6) is 0.863. The molecule has 21 heavy (non-hydrogen) atoms. The van der Waals surface area contributed by atoms with Gasteiger partial charge in [0.15, 0.2) is 5.76 Å². The molecule has 2 aliphatic rings. The summed E-state index contributed by atoms with van der Waals surface area (Å²) in [5, 5.41) is 24.5. The standard InChI is InChI=1S/C15H20N2O4/c1-10-7-8-11(21-10)13-14(2,3)17(20)15(16(13)19)9-5-4-6-12(15)18/h7-8,20H,4-6,9H2,1-3H3/t15-/m1/s1. The van der Waals surface area contributed by atoms with Gasteiger partial charge < -0.3 is 14.8 Å². The second kappa shape index (κ2) is 4.42. The van der Waals surface area contributed by atoms with Crippen molar-refractivity contribution in [2.24, 2.45) is 0 Å². The van der Waals surface area contributed by atoms with Crippen molar-refractivity contribution in [3.05, 3.63) is 28.9 Å². The van der Waals surface area contributed by atoms with Crippen LogP contribution in [0.25, 0.3) is 0 Å². The molecule has 1 N–H and O–H groups in total. The van der Waals surface area contributed by atoms with Crippen molar-refractivity contribution in [2.45, 2.75) is 57.7 Å². The van der Waals surface area contributed by atoms with Crippen LogP contribution in [-0.4, -0.2) is 37.7 Å². The molecule has 6 nitrogen and oxygen atoms in total. The Morgan fingerprint density at radius 1 is 1.38 bits per heavy atom. The first-order valence-corrected chi connectivity index (χ1v) is 7.26. The van der Waals surface area contributed by atoms with Crippen molar-refractivity contribution < 1.29 is 19.2 Å². The van der Waals surface area contributed by atoms with Gasteiger partial charge in [-0.05, 0) is 45.7 Å². The molecule has 0 amide bonds. The largest absolute Gasteiger partial charge is 0.622 e. The lowest BCUT2D eigenvalue weighted by atomic mass is 9.87. The van der Waals surface area contributed by atoms with Crippen LogP contribution in [0.3, 0.4) is 0 Å². The van der Waals surface area contributed by atoms with Crippen LogP contribution in [-0.2, 0) is 4.79 Å². The third kappa shape index (κ3) is 1.72. The number of carbonyl (C=O) groups is 1. The summed E-state index contributed by atoms with van der Waals surface area (Å²) in [6.07, 6.45) is 2.15. The maximum Gasteiger partial charge on any atom is 0.310 e. The topological polar surface area (TPSA) is 79.8 Å². The van der Waals surface area contributed by atoms with E-state index in [1.807, 2.05) is 0 Å². The molecule has 0 radical (unpaired) electrons. The second-order valence-electron chi connectivity index (χ2n) is 6.37. The van der Waals surface area contributed by atoms with Gasteiger partial charge in [0.1, 0.15) is 11.3 Å².